The van der Waals surface area contributed by atoms with Gasteiger partial charge in [-0.2, -0.15) is 13.2 Å². The van der Waals surface area contributed by atoms with Crippen molar-refractivity contribution in [2.45, 2.75) is 29.5 Å². The number of carbonyl (C=O) groups excluding carboxylic acids is 1. The Bertz CT molecular complexity index is 694. The Morgan fingerprint density at radius 1 is 1.29 bits per heavy atom. The number of rotatable bonds is 3. The summed E-state index contributed by atoms with van der Waals surface area (Å²) in [4.78, 5) is 11.7. The predicted octanol–water partition coefficient (Wildman–Crippen LogP) is 1.50. The number of amides is 1. The lowest BCUT2D eigenvalue weighted by atomic mass is 10.1. The van der Waals surface area contributed by atoms with Gasteiger partial charge in [0.2, 0.25) is 0 Å². The van der Waals surface area contributed by atoms with Crippen LogP contribution in [0.2, 0.25) is 0 Å². The zero-order chi connectivity index (χ0) is 16.1. The third kappa shape index (κ3) is 3.12. The number of nitrogens with two attached hydrogens (primary N) is 1. The third-order valence-electron chi connectivity index (χ3n) is 3.26. The van der Waals surface area contributed by atoms with Crippen LogP contribution < -0.4 is 11.1 Å². The number of sulfone groups is 1. The molecule has 0 heterocycles. The minimum Gasteiger partial charge on any atom is -0.399 e. The minimum absolute atomic E-state index is 0.0140. The van der Waals surface area contributed by atoms with E-state index in [0.717, 1.165) is 24.5 Å². The zero-order valence-electron chi connectivity index (χ0n) is 11.0. The van der Waals surface area contributed by atoms with E-state index >= 15 is 0 Å². The second-order valence-electron chi connectivity index (χ2n) is 5.10. The summed E-state index contributed by atoms with van der Waals surface area (Å²) in [6.07, 6.45) is -4.00. The van der Waals surface area contributed by atoms with Crippen molar-refractivity contribution in [3.05, 3.63) is 23.8 Å². The molecule has 1 aromatic carbocycles. The molecule has 0 aromatic heterocycles. The monoisotopic (exact) mass is 322 g/mol. The van der Waals surface area contributed by atoms with Crippen molar-refractivity contribution in [2.24, 2.45) is 0 Å². The van der Waals surface area contributed by atoms with Crippen molar-refractivity contribution in [3.63, 3.8) is 0 Å². The molecule has 2 rings (SSSR count). The van der Waals surface area contributed by atoms with Crippen LogP contribution in [0, 0.1) is 0 Å². The van der Waals surface area contributed by atoms with Crippen molar-refractivity contribution < 1.29 is 26.4 Å². The van der Waals surface area contributed by atoms with Gasteiger partial charge in [0.05, 0.1) is 4.90 Å². The number of alkyl halides is 3. The first-order valence-corrected chi connectivity index (χ1v) is 7.84. The quantitative estimate of drug-likeness (QED) is 0.825. The Labute approximate surface area is 119 Å². The molecule has 0 bridgehead atoms. The fourth-order valence-corrected chi connectivity index (χ4v) is 2.55. The average molecular weight is 322 g/mol. The van der Waals surface area contributed by atoms with E-state index in [1.165, 1.54) is 0 Å². The van der Waals surface area contributed by atoms with Crippen LogP contribution in [0.3, 0.4) is 0 Å². The summed E-state index contributed by atoms with van der Waals surface area (Å²) >= 11 is 0. The average Bonchev–Trinajstić information content (AvgIpc) is 3.07. The Morgan fingerprint density at radius 2 is 1.86 bits per heavy atom. The highest BCUT2D eigenvalue weighted by Crippen LogP contribution is 2.49. The number of benzene rings is 1. The van der Waals surface area contributed by atoms with Gasteiger partial charge >= 0.3 is 6.18 Å². The number of nitrogens with one attached hydrogen (secondary N) is 1. The van der Waals surface area contributed by atoms with Gasteiger partial charge in [0.25, 0.3) is 5.91 Å². The molecule has 116 valence electrons. The van der Waals surface area contributed by atoms with Gasteiger partial charge in [-0.1, -0.05) is 0 Å². The molecule has 0 spiro atoms. The van der Waals surface area contributed by atoms with E-state index in [1.807, 2.05) is 5.32 Å². The SMILES string of the molecule is CS(=O)(=O)c1cc(N)cc(C(=O)NC2(C(F)(F)F)CC2)c1. The van der Waals surface area contributed by atoms with E-state index in [1.54, 1.807) is 0 Å². The number of anilines is 1. The molecule has 21 heavy (non-hydrogen) atoms. The molecular weight excluding hydrogens is 309 g/mol. The van der Waals surface area contributed by atoms with Gasteiger partial charge in [-0.05, 0) is 31.0 Å². The van der Waals surface area contributed by atoms with Gasteiger partial charge in [-0.25, -0.2) is 8.42 Å². The number of carbonyl (C=O) groups is 1. The van der Waals surface area contributed by atoms with Crippen molar-refractivity contribution in [1.29, 1.82) is 0 Å². The van der Waals surface area contributed by atoms with Crippen LogP contribution in [-0.4, -0.2) is 32.3 Å². The van der Waals surface area contributed by atoms with Crippen LogP contribution in [0.15, 0.2) is 23.1 Å². The standard InChI is InChI=1S/C12H13F3N2O3S/c1-21(19,20)9-5-7(4-8(16)6-9)10(18)17-11(2-3-11)12(13,14)15/h4-6H,2-3,16H2,1H3,(H,17,18). The molecule has 1 aliphatic carbocycles. The second kappa shape index (κ2) is 4.62. The lowest BCUT2D eigenvalue weighted by Crippen LogP contribution is -2.47. The summed E-state index contributed by atoms with van der Waals surface area (Å²) in [5.41, 5.74) is 3.05. The highest BCUT2D eigenvalue weighted by Gasteiger charge is 2.64. The second-order valence-corrected chi connectivity index (χ2v) is 7.11. The first-order chi connectivity index (χ1) is 9.45. The van der Waals surface area contributed by atoms with Crippen LogP contribution in [0.25, 0.3) is 0 Å². The summed E-state index contributed by atoms with van der Waals surface area (Å²) < 4.78 is 61.3. The molecular formula is C12H13F3N2O3S. The molecule has 1 fully saturated rings. The molecule has 0 unspecified atom stereocenters. The lowest BCUT2D eigenvalue weighted by Gasteiger charge is -2.20. The van der Waals surface area contributed by atoms with E-state index in [0.29, 0.717) is 0 Å². The normalized spacial score (nSPS) is 17.3. The molecule has 1 aromatic rings. The van der Waals surface area contributed by atoms with Crippen LogP contribution in [0.5, 0.6) is 0 Å². The van der Waals surface area contributed by atoms with E-state index in [4.69, 9.17) is 5.73 Å². The first-order valence-electron chi connectivity index (χ1n) is 5.94. The smallest absolute Gasteiger partial charge is 0.399 e. The first kappa shape index (κ1) is 15.6. The van der Waals surface area contributed by atoms with Crippen LogP contribution >= 0.6 is 0 Å². The Kier molecular flexibility index (Phi) is 3.43. The molecule has 0 saturated heterocycles. The van der Waals surface area contributed by atoms with Crippen LogP contribution in [0.1, 0.15) is 23.2 Å². The van der Waals surface area contributed by atoms with Crippen LogP contribution in [-0.2, 0) is 9.84 Å². The molecule has 5 nitrogen and oxygen atoms in total. The van der Waals surface area contributed by atoms with Crippen LogP contribution in [0.4, 0.5) is 18.9 Å². The van der Waals surface area contributed by atoms with E-state index in [9.17, 15) is 26.4 Å². The highest BCUT2D eigenvalue weighted by atomic mass is 32.2. The minimum atomic E-state index is -4.54. The third-order valence-corrected chi connectivity index (χ3v) is 4.36. The Balaban J connectivity index is 2.31. The largest absolute Gasteiger partial charge is 0.411 e. The van der Waals surface area contributed by atoms with Crippen molar-refractivity contribution >= 4 is 21.4 Å². The van der Waals surface area contributed by atoms with Crippen molar-refractivity contribution in [2.75, 3.05) is 12.0 Å². The predicted molar refractivity (Wildman–Crippen MR) is 69.5 cm³/mol. The summed E-state index contributed by atoms with van der Waals surface area (Å²) in [6.45, 7) is 0. The topological polar surface area (TPSA) is 89.3 Å². The Hall–Kier alpha value is -1.77. The maximum absolute atomic E-state index is 12.8. The number of nitrogen functional groups attached to an aromatic ring is 1. The lowest BCUT2D eigenvalue weighted by molar-refractivity contribution is -0.163. The van der Waals surface area contributed by atoms with Gasteiger partial charge in [-0.3, -0.25) is 4.79 Å². The summed E-state index contributed by atoms with van der Waals surface area (Å²) in [5, 5.41) is 1.92. The highest BCUT2D eigenvalue weighted by molar-refractivity contribution is 7.90. The fourth-order valence-electron chi connectivity index (χ4n) is 1.86. The molecule has 0 radical (unpaired) electrons. The van der Waals surface area contributed by atoms with Crippen molar-refractivity contribution in [1.82, 2.24) is 5.32 Å². The van der Waals surface area contributed by atoms with Gasteiger partial charge in [0.15, 0.2) is 9.84 Å². The van der Waals surface area contributed by atoms with Gasteiger partial charge in [-0.15, -0.1) is 0 Å². The van der Waals surface area contributed by atoms with Gasteiger partial charge < -0.3 is 11.1 Å². The molecule has 0 aliphatic heterocycles. The number of hydrogen-bond acceptors (Lipinski definition) is 4. The molecule has 1 aliphatic rings. The summed E-state index contributed by atoms with van der Waals surface area (Å²) in [5.74, 6) is -0.998. The van der Waals surface area contributed by atoms with E-state index < -0.39 is 27.5 Å². The van der Waals surface area contributed by atoms with E-state index in [-0.39, 0.29) is 29.0 Å². The molecule has 1 amide bonds. The number of hydrogen-bond donors (Lipinski definition) is 2. The number of halogens is 3. The zero-order valence-corrected chi connectivity index (χ0v) is 11.8. The molecule has 0 atom stereocenters. The van der Waals surface area contributed by atoms with Gasteiger partial charge in [0.1, 0.15) is 5.54 Å². The maximum atomic E-state index is 12.8. The molecule has 1 saturated carbocycles. The van der Waals surface area contributed by atoms with E-state index in [2.05, 4.69) is 0 Å². The fraction of sp³-hybridized carbons (Fsp3) is 0.417. The maximum Gasteiger partial charge on any atom is 0.411 e. The summed E-state index contributed by atoms with van der Waals surface area (Å²) in [7, 11) is -3.62. The molecule has 9 heteroatoms. The van der Waals surface area contributed by atoms with Crippen molar-refractivity contribution in [3.8, 4) is 0 Å². The summed E-state index contributed by atoms with van der Waals surface area (Å²) in [6, 6.07) is 3.28. The molecule has 3 N–H and O–H groups in total. The Morgan fingerprint density at radius 3 is 2.29 bits per heavy atom. The van der Waals surface area contributed by atoms with Gasteiger partial charge in [0, 0.05) is 17.5 Å².